The monoisotopic (exact) mass is 517 g/mol. The molecule has 0 aliphatic heterocycles. The van der Waals surface area contributed by atoms with Crippen LogP contribution in [0.5, 0.6) is 0 Å². The van der Waals surface area contributed by atoms with E-state index < -0.39 is 84.5 Å². The van der Waals surface area contributed by atoms with Crippen LogP contribution in [0.2, 0.25) is 0 Å². The Morgan fingerprint density at radius 3 is 2.11 bits per heavy atom. The van der Waals surface area contributed by atoms with Gasteiger partial charge in [-0.3, -0.25) is 4.79 Å². The van der Waals surface area contributed by atoms with Crippen molar-refractivity contribution in [2.24, 2.45) is 11.8 Å². The molecule has 2 bridgehead atoms. The van der Waals surface area contributed by atoms with E-state index in [0.29, 0.717) is 18.6 Å². The SMILES string of the molecule is C[C@H](O)C(O)C1(O)C2CC1CC(S(=O)(=O)c1cc(C(=O)Nc3cc(F)c(F)c(F)c3)ccc1F)C2. The highest BCUT2D eigenvalue weighted by Gasteiger charge is 2.63. The van der Waals surface area contributed by atoms with Crippen molar-refractivity contribution in [1.82, 2.24) is 0 Å². The Morgan fingerprint density at radius 1 is 1.00 bits per heavy atom. The number of aliphatic hydroxyl groups excluding tert-OH is 2. The van der Waals surface area contributed by atoms with E-state index in [1.165, 1.54) is 6.92 Å². The highest BCUT2D eigenvalue weighted by atomic mass is 32.2. The number of anilines is 1. The van der Waals surface area contributed by atoms with Crippen LogP contribution >= 0.6 is 0 Å². The Labute approximate surface area is 198 Å². The molecule has 0 radical (unpaired) electrons. The number of aliphatic hydroxyl groups is 3. The van der Waals surface area contributed by atoms with Crippen LogP contribution in [0.3, 0.4) is 0 Å². The van der Waals surface area contributed by atoms with Crippen LogP contribution in [0.25, 0.3) is 0 Å². The summed E-state index contributed by atoms with van der Waals surface area (Å²) in [7, 11) is -4.32. The number of hydrogen-bond acceptors (Lipinski definition) is 6. The molecule has 3 fully saturated rings. The number of nitrogens with one attached hydrogen (secondary N) is 1. The number of amides is 1. The maximum absolute atomic E-state index is 14.6. The van der Waals surface area contributed by atoms with Crippen molar-refractivity contribution >= 4 is 21.4 Å². The number of carbonyl (C=O) groups is 1. The average molecular weight is 517 g/mol. The van der Waals surface area contributed by atoms with Crippen LogP contribution in [0.1, 0.15) is 36.5 Å². The number of halogens is 4. The lowest BCUT2D eigenvalue weighted by Gasteiger charge is -2.60. The summed E-state index contributed by atoms with van der Waals surface area (Å²) in [6.07, 6.45) is -2.40. The molecule has 5 rings (SSSR count). The summed E-state index contributed by atoms with van der Waals surface area (Å²) in [5.74, 6) is -8.17. The summed E-state index contributed by atoms with van der Waals surface area (Å²) in [4.78, 5) is 11.8. The van der Waals surface area contributed by atoms with E-state index >= 15 is 0 Å². The zero-order valence-electron chi connectivity index (χ0n) is 18.4. The number of benzene rings is 2. The normalized spacial score (nSPS) is 27.6. The molecule has 3 unspecified atom stereocenters. The maximum atomic E-state index is 14.6. The molecule has 7 nitrogen and oxygen atoms in total. The molecule has 2 aromatic carbocycles. The Bertz CT molecular complexity index is 1250. The summed E-state index contributed by atoms with van der Waals surface area (Å²) >= 11 is 0. The van der Waals surface area contributed by atoms with Crippen molar-refractivity contribution in [3.63, 3.8) is 0 Å². The van der Waals surface area contributed by atoms with E-state index in [1.54, 1.807) is 0 Å². The molecule has 1 amide bonds. The molecule has 2 aromatic rings. The summed E-state index contributed by atoms with van der Waals surface area (Å²) in [5.41, 5.74) is -2.39. The standard InChI is InChI=1S/C23H23F4NO6S/c1-10(29)21(30)23(32)12-5-13(23)7-15(6-12)35(33,34)19-4-11(2-3-16(19)24)22(31)28-14-8-17(25)20(27)18(26)9-14/h2-4,8-10,12-13,15,21,29-30,32H,5-7H2,1H3,(H,28,31)/t10-,12?,13?,15?,21?,23?/m0/s1. The predicted octanol–water partition coefficient (Wildman–Crippen LogP) is 2.54. The fraction of sp³-hybridized carbons (Fsp3) is 0.435. The summed E-state index contributed by atoms with van der Waals surface area (Å²) in [5, 5.41) is 31.7. The van der Waals surface area contributed by atoms with Gasteiger partial charge in [0, 0.05) is 23.4 Å². The highest BCUT2D eigenvalue weighted by Crippen LogP contribution is 2.57. The van der Waals surface area contributed by atoms with Crippen LogP contribution in [0.4, 0.5) is 23.2 Å². The van der Waals surface area contributed by atoms with Gasteiger partial charge in [-0.15, -0.1) is 0 Å². The summed E-state index contributed by atoms with van der Waals surface area (Å²) < 4.78 is 81.0. The first kappa shape index (κ1) is 25.5. The molecule has 3 aliphatic rings. The number of sulfone groups is 1. The van der Waals surface area contributed by atoms with Gasteiger partial charge in [0.1, 0.15) is 16.8 Å². The smallest absolute Gasteiger partial charge is 0.255 e. The van der Waals surface area contributed by atoms with Gasteiger partial charge in [0.15, 0.2) is 27.3 Å². The molecule has 12 heteroatoms. The molecule has 4 atom stereocenters. The summed E-state index contributed by atoms with van der Waals surface area (Å²) in [6, 6.07) is 3.62. The first-order valence-electron chi connectivity index (χ1n) is 10.8. The molecule has 3 aliphatic carbocycles. The Kier molecular flexibility index (Phi) is 6.45. The topological polar surface area (TPSA) is 124 Å². The number of rotatable bonds is 6. The minimum atomic E-state index is -4.32. The molecular weight excluding hydrogens is 494 g/mol. The number of fused-ring (bicyclic) bond motifs is 2. The summed E-state index contributed by atoms with van der Waals surface area (Å²) in [6.45, 7) is 1.31. The van der Waals surface area contributed by atoms with Crippen LogP contribution in [-0.2, 0) is 9.84 Å². The van der Waals surface area contributed by atoms with Crippen molar-refractivity contribution < 1.29 is 46.1 Å². The first-order valence-corrected chi connectivity index (χ1v) is 12.4. The molecular formula is C23H23F4NO6S. The third-order valence-corrected chi connectivity index (χ3v) is 9.27. The van der Waals surface area contributed by atoms with E-state index in [1.807, 2.05) is 0 Å². The lowest BCUT2D eigenvalue weighted by atomic mass is 9.51. The highest BCUT2D eigenvalue weighted by molar-refractivity contribution is 7.92. The van der Waals surface area contributed by atoms with Gasteiger partial charge in [-0.05, 0) is 56.2 Å². The van der Waals surface area contributed by atoms with Gasteiger partial charge >= 0.3 is 0 Å². The Morgan fingerprint density at radius 2 is 1.57 bits per heavy atom. The van der Waals surface area contributed by atoms with Gasteiger partial charge in [0.25, 0.3) is 5.91 Å². The number of carbonyl (C=O) groups excluding carboxylic acids is 1. The van der Waals surface area contributed by atoms with Crippen molar-refractivity contribution in [3.8, 4) is 0 Å². The van der Waals surface area contributed by atoms with Crippen LogP contribution in [0, 0.1) is 35.1 Å². The zero-order valence-corrected chi connectivity index (χ0v) is 19.2. The van der Waals surface area contributed by atoms with Crippen molar-refractivity contribution in [2.75, 3.05) is 5.32 Å². The largest absolute Gasteiger partial charge is 0.391 e. The van der Waals surface area contributed by atoms with Crippen molar-refractivity contribution in [1.29, 1.82) is 0 Å². The van der Waals surface area contributed by atoms with Crippen molar-refractivity contribution in [3.05, 3.63) is 59.2 Å². The van der Waals surface area contributed by atoms with Gasteiger partial charge in [0.05, 0.1) is 17.0 Å². The lowest BCUT2D eigenvalue weighted by molar-refractivity contribution is -0.249. The Hall–Kier alpha value is -2.54. The lowest BCUT2D eigenvalue weighted by Crippen LogP contribution is -2.69. The second-order valence-electron chi connectivity index (χ2n) is 9.19. The maximum Gasteiger partial charge on any atom is 0.255 e. The first-order chi connectivity index (χ1) is 16.3. The van der Waals surface area contributed by atoms with E-state index in [0.717, 1.165) is 18.2 Å². The molecule has 190 valence electrons. The fourth-order valence-electron chi connectivity index (χ4n) is 5.19. The van der Waals surface area contributed by atoms with E-state index in [2.05, 4.69) is 5.32 Å². The van der Waals surface area contributed by atoms with Crippen LogP contribution < -0.4 is 5.32 Å². The molecule has 35 heavy (non-hydrogen) atoms. The van der Waals surface area contributed by atoms with E-state index in [-0.39, 0.29) is 18.4 Å². The minimum Gasteiger partial charge on any atom is -0.391 e. The predicted molar refractivity (Wildman–Crippen MR) is 115 cm³/mol. The van der Waals surface area contributed by atoms with Crippen LogP contribution in [0.15, 0.2) is 35.2 Å². The third-order valence-electron chi connectivity index (χ3n) is 7.08. The third kappa shape index (κ3) is 4.22. The van der Waals surface area contributed by atoms with E-state index in [9.17, 15) is 46.1 Å². The van der Waals surface area contributed by atoms with E-state index in [4.69, 9.17) is 0 Å². The quantitative estimate of drug-likeness (QED) is 0.345. The van der Waals surface area contributed by atoms with Gasteiger partial charge in [-0.2, -0.15) is 0 Å². The molecule has 0 aromatic heterocycles. The van der Waals surface area contributed by atoms with Gasteiger partial charge in [0.2, 0.25) is 0 Å². The molecule has 0 spiro atoms. The zero-order chi connectivity index (χ0) is 25.9. The second-order valence-corrected chi connectivity index (χ2v) is 11.4. The average Bonchev–Trinajstić information content (AvgIpc) is 2.81. The van der Waals surface area contributed by atoms with Crippen LogP contribution in [-0.4, -0.2) is 52.7 Å². The second kappa shape index (κ2) is 8.84. The van der Waals surface area contributed by atoms with Crippen molar-refractivity contribution in [2.45, 2.75) is 54.1 Å². The molecule has 3 saturated carbocycles. The van der Waals surface area contributed by atoms with Gasteiger partial charge in [-0.1, -0.05) is 0 Å². The molecule has 4 N–H and O–H groups in total. The molecule has 0 heterocycles. The van der Waals surface area contributed by atoms with Gasteiger partial charge in [-0.25, -0.2) is 26.0 Å². The van der Waals surface area contributed by atoms with Gasteiger partial charge < -0.3 is 20.6 Å². The fourth-order valence-corrected chi connectivity index (χ4v) is 7.15. The minimum absolute atomic E-state index is 0.0802. The number of hydrogen-bond donors (Lipinski definition) is 4. The molecule has 0 saturated heterocycles. The Balaban J connectivity index is 1.57.